The van der Waals surface area contributed by atoms with Crippen LogP contribution in [0.2, 0.25) is 0 Å². The summed E-state index contributed by atoms with van der Waals surface area (Å²) in [6, 6.07) is 24.1. The topological polar surface area (TPSA) is 128 Å². The number of aliphatic carboxylic acids is 1. The lowest BCUT2D eigenvalue weighted by Gasteiger charge is -2.20. The normalized spacial score (nSPS) is 12.6. The van der Waals surface area contributed by atoms with Gasteiger partial charge in [-0.15, -0.1) is 0 Å². The molecule has 0 radical (unpaired) electrons. The van der Waals surface area contributed by atoms with Gasteiger partial charge in [-0.3, -0.25) is 14.9 Å². The zero-order chi connectivity index (χ0) is 23.9. The van der Waals surface area contributed by atoms with Gasteiger partial charge in [0.15, 0.2) is 6.10 Å². The fourth-order valence-electron chi connectivity index (χ4n) is 3.66. The molecule has 172 valence electrons. The van der Waals surface area contributed by atoms with E-state index in [9.17, 15) is 14.7 Å². The van der Waals surface area contributed by atoms with Crippen LogP contribution in [0, 0.1) is 0 Å². The van der Waals surface area contributed by atoms with E-state index in [0.717, 1.165) is 16.7 Å². The summed E-state index contributed by atoms with van der Waals surface area (Å²) >= 11 is 0. The summed E-state index contributed by atoms with van der Waals surface area (Å²) in [4.78, 5) is 28.3. The number of amides is 1. The molecule has 4 N–H and O–H groups in total. The summed E-state index contributed by atoms with van der Waals surface area (Å²) in [5, 5.41) is 28.7. The predicted molar refractivity (Wildman–Crippen MR) is 127 cm³/mol. The molecule has 4 rings (SSSR count). The van der Waals surface area contributed by atoms with Crippen molar-refractivity contribution < 1.29 is 19.8 Å². The highest BCUT2D eigenvalue weighted by molar-refractivity contribution is 5.93. The van der Waals surface area contributed by atoms with Crippen molar-refractivity contribution in [2.24, 2.45) is 0 Å². The van der Waals surface area contributed by atoms with E-state index in [2.05, 4.69) is 20.5 Å². The van der Waals surface area contributed by atoms with Crippen LogP contribution in [-0.2, 0) is 11.2 Å². The quantitative estimate of drug-likeness (QED) is 0.306. The second-order valence-electron chi connectivity index (χ2n) is 7.91. The molecular formula is C26H24N4O4. The molecule has 2 aromatic heterocycles. The highest BCUT2D eigenvalue weighted by Gasteiger charge is 2.23. The SMILES string of the molecule is O=C(N[C@H](Cc1ccc(-c2ccccc2)cc1)C[C@@H](O)C(=O)O)c1cc(-c2ccccn2)n[nH]1. The van der Waals surface area contributed by atoms with Crippen LogP contribution in [-0.4, -0.2) is 49.4 Å². The molecule has 0 unspecified atom stereocenters. The van der Waals surface area contributed by atoms with Crippen LogP contribution in [0.3, 0.4) is 0 Å². The first kappa shape index (κ1) is 22.9. The molecule has 0 aliphatic carbocycles. The molecule has 0 fully saturated rings. The van der Waals surface area contributed by atoms with Gasteiger partial charge < -0.3 is 15.5 Å². The molecule has 0 saturated carbocycles. The second kappa shape index (κ2) is 10.5. The van der Waals surface area contributed by atoms with Crippen LogP contribution in [0.1, 0.15) is 22.5 Å². The number of H-pyrrole nitrogens is 1. The van der Waals surface area contributed by atoms with E-state index in [1.807, 2.05) is 60.7 Å². The van der Waals surface area contributed by atoms with Gasteiger partial charge >= 0.3 is 5.97 Å². The Hall–Kier alpha value is -4.30. The number of rotatable bonds is 9. The summed E-state index contributed by atoms with van der Waals surface area (Å²) in [6.07, 6.45) is 0.255. The molecule has 2 atom stereocenters. The van der Waals surface area contributed by atoms with Gasteiger partial charge in [-0.2, -0.15) is 5.10 Å². The van der Waals surface area contributed by atoms with Crippen molar-refractivity contribution in [3.8, 4) is 22.5 Å². The van der Waals surface area contributed by atoms with Gasteiger partial charge in [0, 0.05) is 18.7 Å². The van der Waals surface area contributed by atoms with Crippen molar-refractivity contribution in [3.63, 3.8) is 0 Å². The van der Waals surface area contributed by atoms with Gasteiger partial charge in [0.05, 0.1) is 5.69 Å². The zero-order valence-electron chi connectivity index (χ0n) is 18.3. The number of carboxylic acid groups (broad SMARTS) is 1. The standard InChI is InChI=1S/C26H24N4O4/c31-24(26(33)34)15-20(14-17-9-11-19(12-10-17)18-6-2-1-3-7-18)28-25(32)23-16-22(29-30-23)21-8-4-5-13-27-21/h1-13,16,20,24,31H,14-15H2,(H,28,32)(H,29,30)(H,33,34)/t20-,24-/m1/s1. The number of carbonyl (C=O) groups excluding carboxylic acids is 1. The minimum absolute atomic E-state index is 0.136. The lowest BCUT2D eigenvalue weighted by molar-refractivity contribution is -0.147. The molecule has 0 saturated heterocycles. The number of pyridine rings is 1. The number of carboxylic acids is 1. The molecule has 2 aromatic carbocycles. The number of benzene rings is 2. The lowest BCUT2D eigenvalue weighted by Crippen LogP contribution is -2.40. The number of carbonyl (C=O) groups is 2. The smallest absolute Gasteiger partial charge is 0.332 e. The van der Waals surface area contributed by atoms with Crippen LogP contribution in [0.4, 0.5) is 0 Å². The molecule has 34 heavy (non-hydrogen) atoms. The largest absolute Gasteiger partial charge is 0.479 e. The number of aliphatic hydroxyl groups is 1. The van der Waals surface area contributed by atoms with E-state index in [1.165, 1.54) is 0 Å². The van der Waals surface area contributed by atoms with E-state index >= 15 is 0 Å². The molecule has 8 heteroatoms. The third kappa shape index (κ3) is 5.73. The van der Waals surface area contributed by atoms with E-state index in [1.54, 1.807) is 24.4 Å². The van der Waals surface area contributed by atoms with Gasteiger partial charge in [-0.25, -0.2) is 4.79 Å². The first-order valence-corrected chi connectivity index (χ1v) is 10.8. The van der Waals surface area contributed by atoms with Crippen LogP contribution in [0.15, 0.2) is 85.1 Å². The van der Waals surface area contributed by atoms with E-state index in [-0.39, 0.29) is 12.1 Å². The van der Waals surface area contributed by atoms with E-state index in [0.29, 0.717) is 17.8 Å². The number of hydrogen-bond acceptors (Lipinski definition) is 5. The summed E-state index contributed by atoms with van der Waals surface area (Å²) in [5.74, 6) is -1.78. The van der Waals surface area contributed by atoms with Gasteiger partial charge in [0.1, 0.15) is 11.4 Å². The molecule has 8 nitrogen and oxygen atoms in total. The zero-order valence-corrected chi connectivity index (χ0v) is 18.3. The Morgan fingerprint density at radius 1 is 0.912 bits per heavy atom. The average Bonchev–Trinajstić information content (AvgIpc) is 3.36. The monoisotopic (exact) mass is 456 g/mol. The van der Waals surface area contributed by atoms with E-state index < -0.39 is 24.0 Å². The molecular weight excluding hydrogens is 432 g/mol. The fourth-order valence-corrected chi connectivity index (χ4v) is 3.66. The summed E-state index contributed by atoms with van der Waals surface area (Å²) < 4.78 is 0. The first-order chi connectivity index (χ1) is 16.5. The average molecular weight is 457 g/mol. The van der Waals surface area contributed by atoms with Crippen LogP contribution < -0.4 is 5.32 Å². The summed E-state index contributed by atoms with van der Waals surface area (Å²) in [5.41, 5.74) is 4.40. The highest BCUT2D eigenvalue weighted by atomic mass is 16.4. The molecule has 4 aromatic rings. The van der Waals surface area contributed by atoms with Gasteiger partial charge in [0.25, 0.3) is 5.91 Å². The van der Waals surface area contributed by atoms with Crippen molar-refractivity contribution in [1.82, 2.24) is 20.5 Å². The Bertz CT molecular complexity index is 1240. The molecule has 0 aliphatic rings. The van der Waals surface area contributed by atoms with Crippen molar-refractivity contribution in [2.45, 2.75) is 25.0 Å². The van der Waals surface area contributed by atoms with Crippen LogP contribution in [0.5, 0.6) is 0 Å². The molecule has 1 amide bonds. The third-order valence-corrected chi connectivity index (χ3v) is 5.42. The second-order valence-corrected chi connectivity index (χ2v) is 7.91. The summed E-state index contributed by atoms with van der Waals surface area (Å²) in [7, 11) is 0. The van der Waals surface area contributed by atoms with Crippen molar-refractivity contribution in [3.05, 3.63) is 96.3 Å². The number of aliphatic hydroxyl groups excluding tert-OH is 1. The van der Waals surface area contributed by atoms with Gasteiger partial charge in [0.2, 0.25) is 0 Å². The first-order valence-electron chi connectivity index (χ1n) is 10.8. The highest BCUT2D eigenvalue weighted by Crippen LogP contribution is 2.20. The van der Waals surface area contributed by atoms with Crippen LogP contribution in [0.25, 0.3) is 22.5 Å². The predicted octanol–water partition coefficient (Wildman–Crippen LogP) is 3.32. The van der Waals surface area contributed by atoms with Crippen molar-refractivity contribution in [2.75, 3.05) is 0 Å². The maximum absolute atomic E-state index is 12.8. The Kier molecular flexibility index (Phi) is 7.10. The Balaban J connectivity index is 1.48. The third-order valence-electron chi connectivity index (χ3n) is 5.42. The number of aromatic nitrogens is 3. The Morgan fingerprint density at radius 3 is 2.29 bits per heavy atom. The number of nitrogens with one attached hydrogen (secondary N) is 2. The number of aromatic amines is 1. The summed E-state index contributed by atoms with van der Waals surface area (Å²) in [6.45, 7) is 0. The fraction of sp³-hybridized carbons (Fsp3) is 0.154. The molecule has 0 bridgehead atoms. The van der Waals surface area contributed by atoms with Crippen molar-refractivity contribution >= 4 is 11.9 Å². The molecule has 0 spiro atoms. The van der Waals surface area contributed by atoms with Crippen molar-refractivity contribution in [1.29, 1.82) is 0 Å². The van der Waals surface area contributed by atoms with Gasteiger partial charge in [-0.1, -0.05) is 60.7 Å². The Labute approximate surface area is 196 Å². The van der Waals surface area contributed by atoms with E-state index in [4.69, 9.17) is 5.11 Å². The number of nitrogens with zero attached hydrogens (tertiary/aromatic N) is 2. The minimum atomic E-state index is -1.60. The molecule has 0 aliphatic heterocycles. The Morgan fingerprint density at radius 2 is 1.62 bits per heavy atom. The number of hydrogen-bond donors (Lipinski definition) is 4. The van der Waals surface area contributed by atoms with Crippen LogP contribution >= 0.6 is 0 Å². The lowest BCUT2D eigenvalue weighted by atomic mass is 9.97. The van der Waals surface area contributed by atoms with Gasteiger partial charge in [-0.05, 0) is 41.3 Å². The molecule has 2 heterocycles. The maximum Gasteiger partial charge on any atom is 0.332 e. The minimum Gasteiger partial charge on any atom is -0.479 e. The maximum atomic E-state index is 12.8.